The Bertz CT molecular complexity index is 370. The van der Waals surface area contributed by atoms with Crippen LogP contribution in [0.3, 0.4) is 0 Å². The molecule has 1 aromatic heterocycles. The van der Waals surface area contributed by atoms with Crippen LogP contribution in [-0.4, -0.2) is 19.2 Å². The first kappa shape index (κ1) is 12.7. The number of aryl methyl sites for hydroxylation is 2. The smallest absolute Gasteiger partial charge is 0.106 e. The molecule has 0 aromatic carbocycles. The van der Waals surface area contributed by atoms with Crippen LogP contribution < -0.4 is 5.32 Å². The van der Waals surface area contributed by atoms with Crippen LogP contribution in [-0.2, 0) is 4.74 Å². The first-order valence-electron chi connectivity index (χ1n) is 6.50. The van der Waals surface area contributed by atoms with Gasteiger partial charge in [0.2, 0.25) is 0 Å². The average Bonchev–Trinajstić information content (AvgIpc) is 2.52. The van der Waals surface area contributed by atoms with Crippen molar-refractivity contribution < 1.29 is 9.15 Å². The van der Waals surface area contributed by atoms with Crippen molar-refractivity contribution in [2.45, 2.75) is 46.3 Å². The van der Waals surface area contributed by atoms with E-state index in [1.54, 1.807) is 0 Å². The third kappa shape index (κ3) is 2.90. The van der Waals surface area contributed by atoms with E-state index in [-0.39, 0.29) is 6.10 Å². The molecule has 3 nitrogen and oxygen atoms in total. The Kier molecular flexibility index (Phi) is 3.89. The van der Waals surface area contributed by atoms with Gasteiger partial charge in [-0.2, -0.15) is 0 Å². The molecule has 2 rings (SSSR count). The van der Waals surface area contributed by atoms with Crippen molar-refractivity contribution in [3.63, 3.8) is 0 Å². The van der Waals surface area contributed by atoms with E-state index in [1.165, 1.54) is 5.56 Å². The van der Waals surface area contributed by atoms with Gasteiger partial charge < -0.3 is 14.5 Å². The van der Waals surface area contributed by atoms with Gasteiger partial charge in [0.25, 0.3) is 0 Å². The predicted octanol–water partition coefficient (Wildman–Crippen LogP) is 2.97. The SMILES string of the molecule is Cc1cc(C2CNC(C(C)C)CCO2)c(C)o1. The minimum Gasteiger partial charge on any atom is -0.466 e. The molecular formula is C14H23NO2. The minimum atomic E-state index is 0.135. The average molecular weight is 237 g/mol. The van der Waals surface area contributed by atoms with Crippen molar-refractivity contribution in [2.24, 2.45) is 5.92 Å². The Morgan fingerprint density at radius 1 is 1.35 bits per heavy atom. The molecule has 96 valence electrons. The molecule has 1 aliphatic heterocycles. The first-order valence-corrected chi connectivity index (χ1v) is 6.50. The molecule has 0 radical (unpaired) electrons. The summed E-state index contributed by atoms with van der Waals surface area (Å²) in [6, 6.07) is 2.66. The summed E-state index contributed by atoms with van der Waals surface area (Å²) in [5, 5.41) is 3.60. The minimum absolute atomic E-state index is 0.135. The molecule has 1 aromatic rings. The number of hydrogen-bond donors (Lipinski definition) is 1. The first-order chi connectivity index (χ1) is 8.08. The highest BCUT2D eigenvalue weighted by atomic mass is 16.5. The fourth-order valence-corrected chi connectivity index (χ4v) is 2.50. The molecule has 0 spiro atoms. The van der Waals surface area contributed by atoms with E-state index in [0.29, 0.717) is 12.0 Å². The fourth-order valence-electron chi connectivity index (χ4n) is 2.50. The maximum atomic E-state index is 5.94. The van der Waals surface area contributed by atoms with Crippen LogP contribution in [0.5, 0.6) is 0 Å². The molecule has 1 saturated heterocycles. The Hall–Kier alpha value is -0.800. The molecule has 0 amide bonds. The van der Waals surface area contributed by atoms with Crippen molar-refractivity contribution in [3.05, 3.63) is 23.2 Å². The van der Waals surface area contributed by atoms with E-state index in [1.807, 2.05) is 13.8 Å². The Balaban J connectivity index is 2.06. The lowest BCUT2D eigenvalue weighted by Gasteiger charge is -2.19. The van der Waals surface area contributed by atoms with Gasteiger partial charge in [-0.25, -0.2) is 0 Å². The van der Waals surface area contributed by atoms with E-state index in [4.69, 9.17) is 9.15 Å². The zero-order chi connectivity index (χ0) is 12.4. The summed E-state index contributed by atoms with van der Waals surface area (Å²) in [6.07, 6.45) is 1.22. The van der Waals surface area contributed by atoms with Crippen LogP contribution in [0, 0.1) is 19.8 Å². The molecule has 1 aliphatic rings. The molecular weight excluding hydrogens is 214 g/mol. The summed E-state index contributed by atoms with van der Waals surface area (Å²) in [5.74, 6) is 2.60. The van der Waals surface area contributed by atoms with Crippen LogP contribution in [0.1, 0.15) is 43.5 Å². The summed E-state index contributed by atoms with van der Waals surface area (Å²) in [4.78, 5) is 0. The number of nitrogens with one attached hydrogen (secondary N) is 1. The number of rotatable bonds is 2. The predicted molar refractivity (Wildman–Crippen MR) is 68.1 cm³/mol. The summed E-state index contributed by atoms with van der Waals surface area (Å²) >= 11 is 0. The second kappa shape index (κ2) is 5.23. The number of hydrogen-bond acceptors (Lipinski definition) is 3. The Morgan fingerprint density at radius 3 is 2.71 bits per heavy atom. The molecule has 2 heterocycles. The second-order valence-electron chi connectivity index (χ2n) is 5.28. The van der Waals surface area contributed by atoms with Crippen molar-refractivity contribution in [1.29, 1.82) is 0 Å². The molecule has 0 bridgehead atoms. The topological polar surface area (TPSA) is 34.4 Å². The third-order valence-corrected chi connectivity index (χ3v) is 3.54. The summed E-state index contributed by atoms with van der Waals surface area (Å²) < 4.78 is 11.5. The third-order valence-electron chi connectivity index (χ3n) is 3.54. The van der Waals surface area contributed by atoms with Crippen LogP contribution in [0.15, 0.2) is 10.5 Å². The standard InChI is InChI=1S/C14H23NO2/c1-9(2)13-5-6-16-14(8-15-13)12-7-10(3)17-11(12)4/h7,9,13-15H,5-6,8H2,1-4H3. The quantitative estimate of drug-likeness (QED) is 0.858. The highest BCUT2D eigenvalue weighted by Crippen LogP contribution is 2.26. The lowest BCUT2D eigenvalue weighted by atomic mass is 10.0. The molecule has 2 unspecified atom stereocenters. The van der Waals surface area contributed by atoms with Gasteiger partial charge in [0.15, 0.2) is 0 Å². The summed E-state index contributed by atoms with van der Waals surface area (Å²) in [7, 11) is 0. The van der Waals surface area contributed by atoms with E-state index in [9.17, 15) is 0 Å². The number of ether oxygens (including phenoxy) is 1. The van der Waals surface area contributed by atoms with Crippen LogP contribution >= 0.6 is 0 Å². The Labute approximate surface area is 104 Å². The van der Waals surface area contributed by atoms with Gasteiger partial charge in [0.1, 0.15) is 11.5 Å². The lowest BCUT2D eigenvalue weighted by molar-refractivity contribution is 0.0650. The molecule has 0 saturated carbocycles. The molecule has 3 heteroatoms. The van der Waals surface area contributed by atoms with Crippen LogP contribution in [0.25, 0.3) is 0 Å². The largest absolute Gasteiger partial charge is 0.466 e. The van der Waals surface area contributed by atoms with E-state index in [0.717, 1.165) is 31.1 Å². The summed E-state index contributed by atoms with van der Waals surface area (Å²) in [5.41, 5.74) is 1.19. The van der Waals surface area contributed by atoms with Crippen LogP contribution in [0.2, 0.25) is 0 Å². The molecule has 1 fully saturated rings. The van der Waals surface area contributed by atoms with E-state index < -0.39 is 0 Å². The van der Waals surface area contributed by atoms with Gasteiger partial charge in [0, 0.05) is 24.8 Å². The lowest BCUT2D eigenvalue weighted by Crippen LogP contribution is -2.34. The van der Waals surface area contributed by atoms with Crippen molar-refractivity contribution in [1.82, 2.24) is 5.32 Å². The number of furan rings is 1. The molecule has 0 aliphatic carbocycles. The van der Waals surface area contributed by atoms with Gasteiger partial charge in [-0.3, -0.25) is 0 Å². The highest BCUT2D eigenvalue weighted by molar-refractivity contribution is 5.23. The van der Waals surface area contributed by atoms with E-state index >= 15 is 0 Å². The highest BCUT2D eigenvalue weighted by Gasteiger charge is 2.24. The zero-order valence-corrected chi connectivity index (χ0v) is 11.2. The van der Waals surface area contributed by atoms with Gasteiger partial charge >= 0.3 is 0 Å². The normalized spacial score (nSPS) is 26.2. The maximum absolute atomic E-state index is 5.94. The second-order valence-corrected chi connectivity index (χ2v) is 5.28. The van der Waals surface area contributed by atoms with Gasteiger partial charge in [-0.05, 0) is 32.3 Å². The molecule has 2 atom stereocenters. The fraction of sp³-hybridized carbons (Fsp3) is 0.714. The molecule has 17 heavy (non-hydrogen) atoms. The van der Waals surface area contributed by atoms with Gasteiger partial charge in [-0.15, -0.1) is 0 Å². The van der Waals surface area contributed by atoms with Crippen molar-refractivity contribution >= 4 is 0 Å². The zero-order valence-electron chi connectivity index (χ0n) is 11.2. The monoisotopic (exact) mass is 237 g/mol. The molecule has 1 N–H and O–H groups in total. The van der Waals surface area contributed by atoms with Gasteiger partial charge in [-0.1, -0.05) is 13.8 Å². The maximum Gasteiger partial charge on any atom is 0.106 e. The van der Waals surface area contributed by atoms with Crippen LogP contribution in [0.4, 0.5) is 0 Å². The van der Waals surface area contributed by atoms with Crippen molar-refractivity contribution in [2.75, 3.05) is 13.2 Å². The van der Waals surface area contributed by atoms with E-state index in [2.05, 4.69) is 25.2 Å². The summed E-state index contributed by atoms with van der Waals surface area (Å²) in [6.45, 7) is 10.2. The Morgan fingerprint density at radius 2 is 2.12 bits per heavy atom. The van der Waals surface area contributed by atoms with Gasteiger partial charge in [0.05, 0.1) is 6.10 Å². The van der Waals surface area contributed by atoms with Crippen molar-refractivity contribution in [3.8, 4) is 0 Å².